The lowest BCUT2D eigenvalue weighted by atomic mass is 9.97. The van der Waals surface area contributed by atoms with E-state index < -0.39 is 11.9 Å². The molecule has 0 heterocycles. The van der Waals surface area contributed by atoms with Gasteiger partial charge in [-0.1, -0.05) is 25.4 Å². The fourth-order valence-electron chi connectivity index (χ4n) is 1.15. The molecule has 0 aliphatic rings. The van der Waals surface area contributed by atoms with Crippen molar-refractivity contribution in [3.05, 3.63) is 29.3 Å². The second-order valence-electron chi connectivity index (χ2n) is 3.87. The summed E-state index contributed by atoms with van der Waals surface area (Å²) in [5.74, 6) is -0.540. The minimum Gasteiger partial charge on any atom is -0.493 e. The highest BCUT2D eigenvalue weighted by Gasteiger charge is 2.19. The van der Waals surface area contributed by atoms with Crippen molar-refractivity contribution >= 4 is 17.6 Å². The Labute approximate surface area is 100.0 Å². The highest BCUT2D eigenvalue weighted by molar-refractivity contribution is 6.30. The normalized spacial score (nSPS) is 14.2. The first kappa shape index (κ1) is 12.8. The molecule has 0 radical (unpaired) electrons. The highest BCUT2D eigenvalue weighted by atomic mass is 35.5. The van der Waals surface area contributed by atoms with Gasteiger partial charge in [-0.25, -0.2) is 0 Å². The molecule has 0 aliphatic heterocycles. The molecule has 0 spiro atoms. The molecule has 2 atom stereocenters. The molecule has 1 rings (SSSR count). The predicted molar refractivity (Wildman–Crippen MR) is 62.9 cm³/mol. The number of benzene rings is 1. The number of ether oxygens (including phenoxy) is 1. The van der Waals surface area contributed by atoms with Gasteiger partial charge < -0.3 is 9.84 Å². The predicted octanol–water partition coefficient (Wildman–Crippen LogP) is 3.08. The minimum atomic E-state index is -0.799. The summed E-state index contributed by atoms with van der Waals surface area (Å²) in [5.41, 5.74) is 0. The molecule has 0 amide bonds. The Balaban J connectivity index is 2.45. The summed E-state index contributed by atoms with van der Waals surface area (Å²) >= 11 is 5.73. The van der Waals surface area contributed by atoms with Crippen molar-refractivity contribution in [2.24, 2.45) is 11.8 Å². The van der Waals surface area contributed by atoms with Gasteiger partial charge >= 0.3 is 5.97 Å². The molecule has 88 valence electrons. The van der Waals surface area contributed by atoms with E-state index in [0.29, 0.717) is 17.4 Å². The van der Waals surface area contributed by atoms with Crippen LogP contribution in [0.1, 0.15) is 13.8 Å². The second kappa shape index (κ2) is 5.75. The molecule has 0 saturated carbocycles. The van der Waals surface area contributed by atoms with Gasteiger partial charge in [0.2, 0.25) is 0 Å². The summed E-state index contributed by atoms with van der Waals surface area (Å²) in [4.78, 5) is 10.7. The minimum absolute atomic E-state index is 0.0341. The average molecular weight is 243 g/mol. The van der Waals surface area contributed by atoms with Crippen LogP contribution in [0.4, 0.5) is 0 Å². The molecular weight excluding hydrogens is 228 g/mol. The molecule has 3 nitrogen and oxygen atoms in total. The molecule has 0 saturated heterocycles. The Morgan fingerprint density at radius 3 is 2.44 bits per heavy atom. The maximum atomic E-state index is 10.7. The zero-order chi connectivity index (χ0) is 12.1. The number of aliphatic carboxylic acids is 1. The van der Waals surface area contributed by atoms with Gasteiger partial charge in [-0.15, -0.1) is 0 Å². The zero-order valence-electron chi connectivity index (χ0n) is 9.31. The van der Waals surface area contributed by atoms with Crippen LogP contribution >= 0.6 is 11.6 Å². The van der Waals surface area contributed by atoms with Gasteiger partial charge in [-0.3, -0.25) is 4.79 Å². The lowest BCUT2D eigenvalue weighted by Crippen LogP contribution is -2.23. The number of hydrogen-bond acceptors (Lipinski definition) is 2. The van der Waals surface area contributed by atoms with Crippen LogP contribution in [0.25, 0.3) is 0 Å². The average Bonchev–Trinajstić information content (AvgIpc) is 2.26. The van der Waals surface area contributed by atoms with Crippen molar-refractivity contribution in [2.75, 3.05) is 6.61 Å². The van der Waals surface area contributed by atoms with Crippen molar-refractivity contribution in [1.29, 1.82) is 0 Å². The van der Waals surface area contributed by atoms with Crippen LogP contribution in [0, 0.1) is 11.8 Å². The van der Waals surface area contributed by atoms with E-state index in [1.165, 1.54) is 0 Å². The molecule has 16 heavy (non-hydrogen) atoms. The zero-order valence-corrected chi connectivity index (χ0v) is 10.1. The highest BCUT2D eigenvalue weighted by Crippen LogP contribution is 2.18. The Kier molecular flexibility index (Phi) is 4.62. The van der Waals surface area contributed by atoms with Crippen molar-refractivity contribution < 1.29 is 14.6 Å². The quantitative estimate of drug-likeness (QED) is 0.863. The standard InChI is InChI=1S/C12H15ClO3/c1-8(9(2)12(14)15)7-16-11-5-3-10(13)4-6-11/h3-6,8-9H,7H2,1-2H3,(H,14,15). The van der Waals surface area contributed by atoms with Gasteiger partial charge in [0, 0.05) is 10.9 Å². The Morgan fingerprint density at radius 2 is 1.94 bits per heavy atom. The lowest BCUT2D eigenvalue weighted by Gasteiger charge is -2.16. The molecule has 1 aromatic rings. The van der Waals surface area contributed by atoms with E-state index in [1.54, 1.807) is 31.2 Å². The first-order chi connectivity index (χ1) is 7.50. The van der Waals surface area contributed by atoms with E-state index in [1.807, 2.05) is 6.92 Å². The SMILES string of the molecule is CC(COc1ccc(Cl)cc1)C(C)C(=O)O. The molecular formula is C12H15ClO3. The fourth-order valence-corrected chi connectivity index (χ4v) is 1.27. The van der Waals surface area contributed by atoms with Gasteiger partial charge in [0.25, 0.3) is 0 Å². The topological polar surface area (TPSA) is 46.5 Å². The summed E-state index contributed by atoms with van der Waals surface area (Å²) in [6.45, 7) is 3.92. The van der Waals surface area contributed by atoms with Crippen molar-refractivity contribution in [3.8, 4) is 5.75 Å². The Hall–Kier alpha value is -1.22. The van der Waals surface area contributed by atoms with E-state index in [0.717, 1.165) is 0 Å². The smallest absolute Gasteiger partial charge is 0.306 e. The first-order valence-corrected chi connectivity index (χ1v) is 5.49. The molecule has 0 aromatic heterocycles. The van der Waals surface area contributed by atoms with Crippen molar-refractivity contribution in [2.45, 2.75) is 13.8 Å². The van der Waals surface area contributed by atoms with Gasteiger partial charge in [-0.05, 0) is 24.3 Å². The number of halogens is 1. The molecule has 0 bridgehead atoms. The molecule has 1 N–H and O–H groups in total. The Bertz CT molecular complexity index is 348. The molecule has 4 heteroatoms. The third kappa shape index (κ3) is 3.74. The lowest BCUT2D eigenvalue weighted by molar-refractivity contribution is -0.143. The summed E-state index contributed by atoms with van der Waals surface area (Å²) < 4.78 is 5.47. The number of rotatable bonds is 5. The third-order valence-corrected chi connectivity index (χ3v) is 2.82. The monoisotopic (exact) mass is 242 g/mol. The van der Waals surface area contributed by atoms with Crippen LogP contribution in [0.2, 0.25) is 5.02 Å². The van der Waals surface area contributed by atoms with Crippen LogP contribution < -0.4 is 4.74 Å². The van der Waals surface area contributed by atoms with E-state index >= 15 is 0 Å². The maximum absolute atomic E-state index is 10.7. The molecule has 1 aromatic carbocycles. The number of carboxylic acid groups (broad SMARTS) is 1. The molecule has 0 fully saturated rings. The summed E-state index contributed by atoms with van der Waals surface area (Å²) in [7, 11) is 0. The van der Waals surface area contributed by atoms with Crippen molar-refractivity contribution in [1.82, 2.24) is 0 Å². The van der Waals surface area contributed by atoms with E-state index in [2.05, 4.69) is 0 Å². The van der Waals surface area contributed by atoms with E-state index in [9.17, 15) is 4.79 Å². The largest absolute Gasteiger partial charge is 0.493 e. The summed E-state index contributed by atoms with van der Waals surface area (Å²) in [5, 5.41) is 9.47. The van der Waals surface area contributed by atoms with Crippen LogP contribution in [0.3, 0.4) is 0 Å². The molecule has 2 unspecified atom stereocenters. The van der Waals surface area contributed by atoms with Crippen LogP contribution in [-0.2, 0) is 4.79 Å². The fraction of sp³-hybridized carbons (Fsp3) is 0.417. The van der Waals surface area contributed by atoms with Crippen LogP contribution in [0.15, 0.2) is 24.3 Å². The summed E-state index contributed by atoms with van der Waals surface area (Å²) in [6.07, 6.45) is 0. The van der Waals surface area contributed by atoms with Crippen molar-refractivity contribution in [3.63, 3.8) is 0 Å². The molecule has 0 aliphatic carbocycles. The Morgan fingerprint density at radius 1 is 1.38 bits per heavy atom. The maximum Gasteiger partial charge on any atom is 0.306 e. The number of hydrogen-bond donors (Lipinski definition) is 1. The number of carboxylic acids is 1. The number of carbonyl (C=O) groups is 1. The first-order valence-electron chi connectivity index (χ1n) is 5.12. The van der Waals surface area contributed by atoms with Gasteiger partial charge in [-0.2, -0.15) is 0 Å². The van der Waals surface area contributed by atoms with Crippen LogP contribution in [0.5, 0.6) is 5.75 Å². The van der Waals surface area contributed by atoms with E-state index in [4.69, 9.17) is 21.4 Å². The van der Waals surface area contributed by atoms with Gasteiger partial charge in [0.1, 0.15) is 5.75 Å². The van der Waals surface area contributed by atoms with Gasteiger partial charge in [0.05, 0.1) is 12.5 Å². The van der Waals surface area contributed by atoms with Gasteiger partial charge in [0.15, 0.2) is 0 Å². The third-order valence-electron chi connectivity index (χ3n) is 2.57. The van der Waals surface area contributed by atoms with Crippen LogP contribution in [-0.4, -0.2) is 17.7 Å². The second-order valence-corrected chi connectivity index (χ2v) is 4.31. The van der Waals surface area contributed by atoms with E-state index in [-0.39, 0.29) is 5.92 Å². The summed E-state index contributed by atoms with van der Waals surface area (Å²) in [6, 6.07) is 7.01.